The van der Waals surface area contributed by atoms with E-state index in [9.17, 15) is 0 Å². The molecule has 0 aliphatic heterocycles. The molecule has 0 atom stereocenters. The van der Waals surface area contributed by atoms with Crippen molar-refractivity contribution in [2.75, 3.05) is 24.4 Å². The molecule has 0 spiro atoms. The van der Waals surface area contributed by atoms with E-state index in [-0.39, 0.29) is 0 Å². The minimum atomic E-state index is 0.799. The highest BCUT2D eigenvalue weighted by atomic mass is 32.1. The lowest BCUT2D eigenvalue weighted by atomic mass is 10.1. The van der Waals surface area contributed by atoms with E-state index in [4.69, 9.17) is 0 Å². The van der Waals surface area contributed by atoms with Gasteiger partial charge in [-0.1, -0.05) is 42.5 Å². The molecule has 4 nitrogen and oxygen atoms in total. The van der Waals surface area contributed by atoms with Crippen LogP contribution in [0.25, 0.3) is 11.3 Å². The number of anilines is 2. The Morgan fingerprint density at radius 2 is 1.75 bits per heavy atom. The first kappa shape index (κ1) is 16.2. The molecule has 1 heterocycles. The average Bonchev–Trinajstić information content (AvgIpc) is 2.97. The SMILES string of the molecule is Cc1sc(N/N=C\c2ccc(N(C)C)cc2)nc1-c1ccccc1. The Balaban J connectivity index is 1.69. The number of hydrogen-bond donors (Lipinski definition) is 1. The zero-order valence-corrected chi connectivity index (χ0v) is 14.8. The first-order valence-electron chi connectivity index (χ1n) is 7.73. The smallest absolute Gasteiger partial charge is 0.204 e. The molecule has 0 unspecified atom stereocenters. The lowest BCUT2D eigenvalue weighted by Gasteiger charge is -2.11. The molecule has 122 valence electrons. The number of hydrazone groups is 1. The molecule has 5 heteroatoms. The van der Waals surface area contributed by atoms with Crippen molar-refractivity contribution in [3.63, 3.8) is 0 Å². The highest BCUT2D eigenvalue weighted by molar-refractivity contribution is 7.15. The van der Waals surface area contributed by atoms with Crippen LogP contribution in [0.15, 0.2) is 59.7 Å². The minimum Gasteiger partial charge on any atom is -0.378 e. The van der Waals surface area contributed by atoms with Gasteiger partial charge in [0.1, 0.15) is 0 Å². The topological polar surface area (TPSA) is 40.5 Å². The molecule has 0 saturated carbocycles. The molecule has 2 aromatic carbocycles. The summed E-state index contributed by atoms with van der Waals surface area (Å²) in [5.41, 5.74) is 7.38. The fraction of sp³-hybridized carbons (Fsp3) is 0.158. The van der Waals surface area contributed by atoms with Crippen molar-refractivity contribution in [1.29, 1.82) is 0 Å². The lowest BCUT2D eigenvalue weighted by molar-refractivity contribution is 1.13. The Labute approximate surface area is 146 Å². The largest absolute Gasteiger partial charge is 0.378 e. The van der Waals surface area contributed by atoms with E-state index in [0.717, 1.165) is 22.0 Å². The van der Waals surface area contributed by atoms with Crippen molar-refractivity contribution in [3.8, 4) is 11.3 Å². The molecule has 0 aliphatic rings. The third-order valence-electron chi connectivity index (χ3n) is 3.63. The maximum Gasteiger partial charge on any atom is 0.204 e. The average molecular weight is 336 g/mol. The van der Waals surface area contributed by atoms with Gasteiger partial charge in [0.25, 0.3) is 0 Å². The van der Waals surface area contributed by atoms with Gasteiger partial charge in [0, 0.05) is 30.2 Å². The van der Waals surface area contributed by atoms with Crippen molar-refractivity contribution >= 4 is 28.4 Å². The Morgan fingerprint density at radius 3 is 2.42 bits per heavy atom. The maximum absolute atomic E-state index is 4.64. The molecule has 1 N–H and O–H groups in total. The van der Waals surface area contributed by atoms with Gasteiger partial charge in [0.05, 0.1) is 11.9 Å². The van der Waals surface area contributed by atoms with Crippen LogP contribution in [0.2, 0.25) is 0 Å². The Hall–Kier alpha value is -2.66. The third-order valence-corrected chi connectivity index (χ3v) is 4.50. The van der Waals surface area contributed by atoms with Crippen molar-refractivity contribution in [1.82, 2.24) is 4.98 Å². The molecular formula is C19H20N4S. The molecule has 0 saturated heterocycles. The molecule has 0 radical (unpaired) electrons. The van der Waals surface area contributed by atoms with E-state index in [0.29, 0.717) is 0 Å². The van der Waals surface area contributed by atoms with Gasteiger partial charge in [-0.05, 0) is 24.6 Å². The molecule has 0 amide bonds. The summed E-state index contributed by atoms with van der Waals surface area (Å²) in [6.45, 7) is 2.08. The quantitative estimate of drug-likeness (QED) is 0.545. The molecule has 0 aliphatic carbocycles. The first-order valence-corrected chi connectivity index (χ1v) is 8.54. The molecule has 1 aromatic heterocycles. The molecule has 0 bridgehead atoms. The van der Waals surface area contributed by atoms with Crippen LogP contribution >= 0.6 is 11.3 Å². The summed E-state index contributed by atoms with van der Waals surface area (Å²) in [5.74, 6) is 0. The maximum atomic E-state index is 4.64. The lowest BCUT2D eigenvalue weighted by Crippen LogP contribution is -2.08. The summed E-state index contributed by atoms with van der Waals surface area (Å²) >= 11 is 1.61. The monoisotopic (exact) mass is 336 g/mol. The molecule has 0 fully saturated rings. The van der Waals surface area contributed by atoms with Gasteiger partial charge in [-0.3, -0.25) is 5.43 Å². The fourth-order valence-electron chi connectivity index (χ4n) is 2.33. The van der Waals surface area contributed by atoms with Crippen molar-refractivity contribution < 1.29 is 0 Å². The number of aryl methyl sites for hydroxylation is 1. The van der Waals surface area contributed by atoms with Crippen LogP contribution in [-0.4, -0.2) is 25.3 Å². The van der Waals surface area contributed by atoms with Crippen LogP contribution in [0, 0.1) is 6.92 Å². The van der Waals surface area contributed by atoms with Gasteiger partial charge < -0.3 is 4.90 Å². The van der Waals surface area contributed by atoms with E-state index < -0.39 is 0 Å². The predicted octanol–water partition coefficient (Wildman–Crippen LogP) is 4.63. The number of nitrogens with zero attached hydrogens (tertiary/aromatic N) is 3. The second-order valence-electron chi connectivity index (χ2n) is 5.65. The zero-order chi connectivity index (χ0) is 16.9. The van der Waals surface area contributed by atoms with Gasteiger partial charge in [-0.25, -0.2) is 4.98 Å². The number of rotatable bonds is 5. The number of benzene rings is 2. The van der Waals surface area contributed by atoms with Crippen LogP contribution in [0.1, 0.15) is 10.4 Å². The summed E-state index contributed by atoms with van der Waals surface area (Å²) in [6.07, 6.45) is 1.80. The summed E-state index contributed by atoms with van der Waals surface area (Å²) in [7, 11) is 4.06. The predicted molar refractivity (Wildman–Crippen MR) is 104 cm³/mol. The van der Waals surface area contributed by atoms with E-state index in [1.54, 1.807) is 17.6 Å². The number of nitrogens with one attached hydrogen (secondary N) is 1. The van der Waals surface area contributed by atoms with Crippen LogP contribution in [-0.2, 0) is 0 Å². The summed E-state index contributed by atoms with van der Waals surface area (Å²) in [5, 5.41) is 5.09. The van der Waals surface area contributed by atoms with Crippen LogP contribution in [0.4, 0.5) is 10.8 Å². The highest BCUT2D eigenvalue weighted by Gasteiger charge is 2.08. The van der Waals surface area contributed by atoms with Crippen LogP contribution in [0.5, 0.6) is 0 Å². The van der Waals surface area contributed by atoms with Gasteiger partial charge >= 0.3 is 0 Å². The molecular weight excluding hydrogens is 316 g/mol. The number of hydrogen-bond acceptors (Lipinski definition) is 5. The van der Waals surface area contributed by atoms with Gasteiger partial charge in [0.2, 0.25) is 5.13 Å². The van der Waals surface area contributed by atoms with Crippen LogP contribution < -0.4 is 10.3 Å². The summed E-state index contributed by atoms with van der Waals surface area (Å²) < 4.78 is 0. The van der Waals surface area contributed by atoms with Crippen molar-refractivity contribution in [3.05, 3.63) is 65.0 Å². The fourth-order valence-corrected chi connectivity index (χ4v) is 3.11. The number of thiazole rings is 1. The van der Waals surface area contributed by atoms with E-state index in [2.05, 4.69) is 51.6 Å². The summed E-state index contributed by atoms with van der Waals surface area (Å²) in [4.78, 5) is 7.88. The molecule has 3 rings (SSSR count). The first-order chi connectivity index (χ1) is 11.6. The zero-order valence-electron chi connectivity index (χ0n) is 14.0. The number of aromatic nitrogens is 1. The van der Waals surface area contributed by atoms with E-state index >= 15 is 0 Å². The second kappa shape index (κ2) is 7.27. The highest BCUT2D eigenvalue weighted by Crippen LogP contribution is 2.30. The van der Waals surface area contributed by atoms with E-state index in [1.165, 1.54) is 10.6 Å². The van der Waals surface area contributed by atoms with E-state index in [1.807, 2.05) is 44.4 Å². The summed E-state index contributed by atoms with van der Waals surface area (Å²) in [6, 6.07) is 18.4. The van der Waals surface area contributed by atoms with Crippen LogP contribution in [0.3, 0.4) is 0 Å². The Kier molecular flexibility index (Phi) is 4.91. The van der Waals surface area contributed by atoms with Gasteiger partial charge in [-0.2, -0.15) is 5.10 Å². The Bertz CT molecular complexity index is 820. The third kappa shape index (κ3) is 3.81. The molecule has 24 heavy (non-hydrogen) atoms. The molecule has 3 aromatic rings. The normalized spacial score (nSPS) is 11.0. The van der Waals surface area contributed by atoms with Gasteiger partial charge in [0.15, 0.2) is 0 Å². The van der Waals surface area contributed by atoms with Gasteiger partial charge in [-0.15, -0.1) is 11.3 Å². The Morgan fingerprint density at radius 1 is 1.04 bits per heavy atom. The second-order valence-corrected chi connectivity index (χ2v) is 6.85. The minimum absolute atomic E-state index is 0.799. The standard InChI is InChI=1S/C19H20N4S/c1-14-18(16-7-5-4-6-8-16)21-19(24-14)22-20-13-15-9-11-17(12-10-15)23(2)3/h4-13H,1-3H3,(H,21,22)/b20-13-. The van der Waals surface area contributed by atoms with Crippen molar-refractivity contribution in [2.45, 2.75) is 6.92 Å². The van der Waals surface area contributed by atoms with Crippen molar-refractivity contribution in [2.24, 2.45) is 5.10 Å².